The molecular weight excluding hydrogens is 593 g/mol. The number of hydrogen-bond acceptors (Lipinski definition) is 4. The first kappa shape index (κ1) is 31.9. The van der Waals surface area contributed by atoms with Gasteiger partial charge in [0.25, 0.3) is 10.0 Å². The average molecular weight is 631 g/mol. The van der Waals surface area contributed by atoms with Crippen molar-refractivity contribution in [2.75, 3.05) is 10.8 Å². The molecule has 224 valence electrons. The summed E-state index contributed by atoms with van der Waals surface area (Å²) in [4.78, 5) is 29.0. The Morgan fingerprint density at radius 2 is 1.60 bits per heavy atom. The van der Waals surface area contributed by atoms with E-state index >= 15 is 0 Å². The molecule has 2 amide bonds. The van der Waals surface area contributed by atoms with Crippen LogP contribution in [0.1, 0.15) is 55.7 Å². The molecule has 3 aromatic rings. The Kier molecular flexibility index (Phi) is 10.6. The van der Waals surface area contributed by atoms with E-state index in [0.717, 1.165) is 47.5 Å². The molecule has 1 fully saturated rings. The normalized spacial score (nSPS) is 14.7. The number of nitrogens with one attached hydrogen (secondary N) is 1. The summed E-state index contributed by atoms with van der Waals surface area (Å²) in [6.07, 6.45) is 5.04. The van der Waals surface area contributed by atoms with Crippen molar-refractivity contribution >= 4 is 50.7 Å². The second-order valence-corrected chi connectivity index (χ2v) is 13.6. The van der Waals surface area contributed by atoms with Crippen molar-refractivity contribution in [3.8, 4) is 0 Å². The van der Waals surface area contributed by atoms with E-state index in [0.29, 0.717) is 21.3 Å². The van der Waals surface area contributed by atoms with Crippen LogP contribution in [0.15, 0.2) is 71.6 Å². The van der Waals surface area contributed by atoms with Crippen LogP contribution in [0, 0.1) is 13.8 Å². The maximum absolute atomic E-state index is 14.1. The fourth-order valence-corrected chi connectivity index (χ4v) is 6.86. The van der Waals surface area contributed by atoms with Crippen molar-refractivity contribution in [2.24, 2.45) is 0 Å². The van der Waals surface area contributed by atoms with E-state index in [9.17, 15) is 18.0 Å². The summed E-state index contributed by atoms with van der Waals surface area (Å²) in [6, 6.07) is 17.7. The van der Waals surface area contributed by atoms with Gasteiger partial charge >= 0.3 is 0 Å². The van der Waals surface area contributed by atoms with Gasteiger partial charge in [0.1, 0.15) is 12.6 Å². The molecule has 1 unspecified atom stereocenters. The largest absolute Gasteiger partial charge is 0.352 e. The zero-order valence-corrected chi connectivity index (χ0v) is 26.5. The summed E-state index contributed by atoms with van der Waals surface area (Å²) in [5.41, 5.74) is 2.78. The predicted octanol–water partition coefficient (Wildman–Crippen LogP) is 6.67. The highest BCUT2D eigenvalue weighted by atomic mass is 35.5. The van der Waals surface area contributed by atoms with Gasteiger partial charge in [0.2, 0.25) is 11.8 Å². The topological polar surface area (TPSA) is 86.8 Å². The molecule has 0 saturated heterocycles. The highest BCUT2D eigenvalue weighted by Gasteiger charge is 2.33. The van der Waals surface area contributed by atoms with Crippen LogP contribution < -0.4 is 9.62 Å². The van der Waals surface area contributed by atoms with Crippen LogP contribution in [0.2, 0.25) is 10.0 Å². The molecule has 1 saturated carbocycles. The van der Waals surface area contributed by atoms with Crippen molar-refractivity contribution in [3.05, 3.63) is 93.5 Å². The number of carbonyl (C=O) groups is 2. The number of benzene rings is 3. The van der Waals surface area contributed by atoms with Crippen LogP contribution in [0.5, 0.6) is 0 Å². The SMILES string of the molecule is Cc1ccc(S(=O)(=O)N(CC(=O)N(Cc2ccc(Cl)c(Cl)c2)C(C)C(=O)NC2CCCCC2)c2cccc(C)c2)cc1. The van der Waals surface area contributed by atoms with Crippen molar-refractivity contribution < 1.29 is 18.0 Å². The van der Waals surface area contributed by atoms with Crippen molar-refractivity contribution in [1.29, 1.82) is 0 Å². The summed E-state index contributed by atoms with van der Waals surface area (Å²) >= 11 is 12.4. The van der Waals surface area contributed by atoms with Crippen molar-refractivity contribution in [1.82, 2.24) is 10.2 Å². The molecule has 0 heterocycles. The highest BCUT2D eigenvalue weighted by Crippen LogP contribution is 2.27. The van der Waals surface area contributed by atoms with Gasteiger partial charge in [-0.05, 0) is 81.1 Å². The maximum atomic E-state index is 14.1. The van der Waals surface area contributed by atoms with E-state index in [4.69, 9.17) is 23.2 Å². The van der Waals surface area contributed by atoms with E-state index in [1.54, 1.807) is 55.5 Å². The number of aryl methyl sites for hydroxylation is 2. The first-order chi connectivity index (χ1) is 20.0. The minimum Gasteiger partial charge on any atom is -0.352 e. The molecule has 7 nitrogen and oxygen atoms in total. The van der Waals surface area contributed by atoms with Crippen molar-refractivity contribution in [2.45, 2.75) is 76.4 Å². The molecule has 0 spiro atoms. The first-order valence-corrected chi connectivity index (χ1v) is 16.3. The molecule has 1 atom stereocenters. The lowest BCUT2D eigenvalue weighted by molar-refractivity contribution is -0.139. The van der Waals surface area contributed by atoms with Crippen LogP contribution in [-0.2, 0) is 26.2 Å². The molecule has 42 heavy (non-hydrogen) atoms. The fraction of sp³-hybridized carbons (Fsp3) is 0.375. The lowest BCUT2D eigenvalue weighted by Crippen LogP contribution is -2.53. The van der Waals surface area contributed by atoms with E-state index in [2.05, 4.69) is 5.32 Å². The van der Waals surface area contributed by atoms with Gasteiger partial charge in [0, 0.05) is 12.6 Å². The molecule has 0 aromatic heterocycles. The summed E-state index contributed by atoms with van der Waals surface area (Å²) < 4.78 is 29.0. The number of nitrogens with zero attached hydrogens (tertiary/aromatic N) is 2. The van der Waals surface area contributed by atoms with E-state index in [1.165, 1.54) is 17.0 Å². The first-order valence-electron chi connectivity index (χ1n) is 14.2. The molecule has 4 rings (SSSR count). The van der Waals surface area contributed by atoms with Gasteiger partial charge in [-0.2, -0.15) is 0 Å². The average Bonchev–Trinajstić information content (AvgIpc) is 2.96. The second kappa shape index (κ2) is 13.9. The quantitative estimate of drug-likeness (QED) is 0.271. The molecule has 1 aliphatic rings. The Bertz CT molecular complexity index is 1520. The lowest BCUT2D eigenvalue weighted by atomic mass is 9.95. The number of sulfonamides is 1. The van der Waals surface area contributed by atoms with Crippen LogP contribution in [0.25, 0.3) is 0 Å². The smallest absolute Gasteiger partial charge is 0.264 e. The molecule has 0 bridgehead atoms. The number of halogens is 2. The Labute approximate surface area is 258 Å². The minimum absolute atomic E-state index is 0.0429. The summed E-state index contributed by atoms with van der Waals surface area (Å²) in [7, 11) is -4.12. The van der Waals surface area contributed by atoms with Crippen LogP contribution >= 0.6 is 23.2 Å². The second-order valence-electron chi connectivity index (χ2n) is 11.0. The van der Waals surface area contributed by atoms with Gasteiger partial charge in [-0.25, -0.2) is 8.42 Å². The summed E-state index contributed by atoms with van der Waals surface area (Å²) in [5, 5.41) is 3.80. The monoisotopic (exact) mass is 629 g/mol. The third-order valence-electron chi connectivity index (χ3n) is 7.63. The van der Waals surface area contributed by atoms with Gasteiger partial charge in [0.15, 0.2) is 0 Å². The number of amides is 2. The zero-order valence-electron chi connectivity index (χ0n) is 24.1. The predicted molar refractivity (Wildman–Crippen MR) is 168 cm³/mol. The zero-order chi connectivity index (χ0) is 30.4. The molecule has 0 aliphatic heterocycles. The summed E-state index contributed by atoms with van der Waals surface area (Å²) in [5.74, 6) is -0.802. The van der Waals surface area contributed by atoms with E-state index < -0.39 is 28.5 Å². The Morgan fingerprint density at radius 1 is 0.905 bits per heavy atom. The third kappa shape index (κ3) is 7.85. The Hall–Kier alpha value is -3.07. The van der Waals surface area contributed by atoms with E-state index in [-0.39, 0.29) is 23.4 Å². The molecule has 1 N–H and O–H groups in total. The van der Waals surface area contributed by atoms with Gasteiger partial charge in [-0.1, -0.05) is 78.4 Å². The van der Waals surface area contributed by atoms with Crippen LogP contribution in [0.3, 0.4) is 0 Å². The molecule has 3 aromatic carbocycles. The number of carbonyl (C=O) groups excluding carboxylic acids is 2. The maximum Gasteiger partial charge on any atom is 0.264 e. The summed E-state index contributed by atoms with van der Waals surface area (Å²) in [6.45, 7) is 4.94. The van der Waals surface area contributed by atoms with E-state index in [1.807, 2.05) is 19.9 Å². The van der Waals surface area contributed by atoms with Gasteiger partial charge in [-0.15, -0.1) is 0 Å². The van der Waals surface area contributed by atoms with Gasteiger partial charge in [-0.3, -0.25) is 13.9 Å². The standard InChI is InChI=1S/C32H37Cl2N3O4S/c1-22-12-15-28(16-13-22)42(40,41)37(27-11-7-8-23(2)18-27)21-31(38)36(20-25-14-17-29(33)30(34)19-25)24(3)32(39)35-26-9-5-4-6-10-26/h7-8,11-19,24,26H,4-6,9-10,20-21H2,1-3H3,(H,35,39). The molecule has 0 radical (unpaired) electrons. The van der Waals surface area contributed by atoms with Crippen molar-refractivity contribution in [3.63, 3.8) is 0 Å². The van der Waals surface area contributed by atoms with Gasteiger partial charge < -0.3 is 10.2 Å². The lowest BCUT2D eigenvalue weighted by Gasteiger charge is -2.33. The third-order valence-corrected chi connectivity index (χ3v) is 10.2. The number of hydrogen-bond donors (Lipinski definition) is 1. The van der Waals surface area contributed by atoms with Crippen LogP contribution in [0.4, 0.5) is 5.69 Å². The molecular formula is C32H37Cl2N3O4S. The Morgan fingerprint density at radius 3 is 2.24 bits per heavy atom. The van der Waals surface area contributed by atoms with Gasteiger partial charge in [0.05, 0.1) is 20.6 Å². The molecule has 1 aliphatic carbocycles. The fourth-order valence-electron chi connectivity index (χ4n) is 5.14. The molecule has 10 heteroatoms. The number of anilines is 1. The highest BCUT2D eigenvalue weighted by molar-refractivity contribution is 7.92. The minimum atomic E-state index is -4.12. The van der Waals surface area contributed by atoms with Crippen LogP contribution in [-0.4, -0.2) is 43.8 Å². The number of rotatable bonds is 10. The Balaban J connectivity index is 1.69.